The molecule has 0 aromatic carbocycles. The monoisotopic (exact) mass is 322 g/mol. The zero-order valence-corrected chi connectivity index (χ0v) is 14.2. The molecular weight excluding hydrogens is 296 g/mol. The third kappa shape index (κ3) is 3.69. The second kappa shape index (κ2) is 7.55. The van der Waals surface area contributed by atoms with E-state index in [1.807, 2.05) is 16.5 Å². The fraction of sp³-hybridized carbons (Fsp3) is 0.765. The second-order valence-electron chi connectivity index (χ2n) is 6.58. The molecule has 1 saturated heterocycles. The van der Waals surface area contributed by atoms with Gasteiger partial charge in [-0.3, -0.25) is 4.79 Å². The molecule has 0 N–H and O–H groups in total. The first-order valence-electron chi connectivity index (χ1n) is 8.56. The fourth-order valence-corrected chi connectivity index (χ4v) is 4.46. The lowest BCUT2D eigenvalue weighted by atomic mass is 9.88. The minimum Gasteiger partial charge on any atom is -0.368 e. The summed E-state index contributed by atoms with van der Waals surface area (Å²) in [6.07, 6.45) is 10.2. The van der Waals surface area contributed by atoms with Gasteiger partial charge < -0.3 is 9.64 Å². The van der Waals surface area contributed by atoms with Gasteiger partial charge in [0.15, 0.2) is 0 Å². The normalized spacial score (nSPS) is 29.5. The minimum absolute atomic E-state index is 0.137. The topological polar surface area (TPSA) is 42.4 Å². The maximum Gasteiger partial charge on any atom is 0.249 e. The van der Waals surface area contributed by atoms with E-state index in [1.165, 1.54) is 25.7 Å². The van der Waals surface area contributed by atoms with Crippen LogP contribution in [0.2, 0.25) is 0 Å². The van der Waals surface area contributed by atoms with Crippen molar-refractivity contribution in [2.75, 3.05) is 13.2 Å². The van der Waals surface area contributed by atoms with Crippen LogP contribution in [0.25, 0.3) is 0 Å². The Labute approximate surface area is 136 Å². The first kappa shape index (κ1) is 15.9. The van der Waals surface area contributed by atoms with Gasteiger partial charge in [-0.15, -0.1) is 11.3 Å². The smallest absolute Gasteiger partial charge is 0.249 e. The molecule has 5 heteroatoms. The van der Waals surface area contributed by atoms with Crippen molar-refractivity contribution in [3.05, 3.63) is 16.6 Å². The molecule has 2 aliphatic rings. The summed E-state index contributed by atoms with van der Waals surface area (Å²) in [6.45, 7) is 3.32. The van der Waals surface area contributed by atoms with E-state index in [-0.39, 0.29) is 24.7 Å². The van der Waals surface area contributed by atoms with E-state index in [0.29, 0.717) is 5.92 Å². The number of piperidine rings is 1. The van der Waals surface area contributed by atoms with Crippen LogP contribution in [-0.2, 0) is 9.53 Å². The lowest BCUT2D eigenvalue weighted by molar-refractivity contribution is -0.144. The van der Waals surface area contributed by atoms with Crippen molar-refractivity contribution < 1.29 is 9.53 Å². The Bertz CT molecular complexity index is 477. The highest BCUT2D eigenvalue weighted by Crippen LogP contribution is 2.32. The van der Waals surface area contributed by atoms with Crippen LogP contribution in [0.4, 0.5) is 0 Å². The van der Waals surface area contributed by atoms with Crippen LogP contribution < -0.4 is 0 Å². The van der Waals surface area contributed by atoms with Crippen LogP contribution >= 0.6 is 11.3 Å². The van der Waals surface area contributed by atoms with Crippen molar-refractivity contribution >= 4 is 17.2 Å². The summed E-state index contributed by atoms with van der Waals surface area (Å²) in [5.74, 6) is 0.718. The Morgan fingerprint density at radius 1 is 1.32 bits per heavy atom. The summed E-state index contributed by atoms with van der Waals surface area (Å²) in [5.41, 5.74) is 0. The molecule has 1 aliphatic carbocycles. The Hall–Kier alpha value is -0.940. The second-order valence-corrected chi connectivity index (χ2v) is 7.51. The van der Waals surface area contributed by atoms with Gasteiger partial charge in [-0.05, 0) is 38.0 Å². The molecule has 1 aromatic heterocycles. The maximum atomic E-state index is 12.6. The lowest BCUT2D eigenvalue weighted by Crippen LogP contribution is -2.41. The van der Waals surface area contributed by atoms with Crippen LogP contribution in [0.15, 0.2) is 11.6 Å². The van der Waals surface area contributed by atoms with Gasteiger partial charge in [0.1, 0.15) is 11.6 Å². The van der Waals surface area contributed by atoms with Crippen LogP contribution in [0, 0.1) is 5.92 Å². The van der Waals surface area contributed by atoms with Gasteiger partial charge in [0, 0.05) is 18.1 Å². The molecule has 0 bridgehead atoms. The van der Waals surface area contributed by atoms with E-state index in [2.05, 4.69) is 11.9 Å². The molecule has 0 spiro atoms. The molecule has 0 unspecified atom stereocenters. The number of ether oxygens (including phenoxy) is 1. The van der Waals surface area contributed by atoms with Gasteiger partial charge in [-0.25, -0.2) is 4.98 Å². The predicted molar refractivity (Wildman–Crippen MR) is 87.8 cm³/mol. The Morgan fingerprint density at radius 3 is 2.91 bits per heavy atom. The van der Waals surface area contributed by atoms with Gasteiger partial charge in [0.2, 0.25) is 5.91 Å². The van der Waals surface area contributed by atoms with E-state index in [4.69, 9.17) is 4.74 Å². The van der Waals surface area contributed by atoms with Crippen molar-refractivity contribution in [2.45, 2.75) is 64.0 Å². The van der Waals surface area contributed by atoms with Crippen LogP contribution in [0.3, 0.4) is 0 Å². The van der Waals surface area contributed by atoms with Crippen LogP contribution in [-0.4, -0.2) is 35.0 Å². The summed E-state index contributed by atoms with van der Waals surface area (Å²) in [4.78, 5) is 19.0. The first-order valence-corrected chi connectivity index (χ1v) is 9.44. The van der Waals surface area contributed by atoms with Gasteiger partial charge in [0.05, 0.1) is 12.1 Å². The molecule has 1 saturated carbocycles. The number of aromatic nitrogens is 1. The van der Waals surface area contributed by atoms with Crippen LogP contribution in [0.5, 0.6) is 0 Å². The molecule has 0 radical (unpaired) electrons. The number of rotatable bonds is 4. The molecule has 1 aromatic rings. The summed E-state index contributed by atoms with van der Waals surface area (Å²) < 4.78 is 5.97. The Morgan fingerprint density at radius 2 is 2.14 bits per heavy atom. The number of carbonyl (C=O) groups is 1. The highest BCUT2D eigenvalue weighted by molar-refractivity contribution is 7.09. The molecule has 2 heterocycles. The maximum absolute atomic E-state index is 12.6. The SMILES string of the molecule is C[C@@H]1CCCC[C@@H]1OCC(=O)N1CCCC[C@@H]1c1nccs1. The number of likely N-dealkylation sites (tertiary alicyclic amines) is 1. The van der Waals surface area contributed by atoms with Gasteiger partial charge in [0.25, 0.3) is 0 Å². The quantitative estimate of drug-likeness (QED) is 0.847. The van der Waals surface area contributed by atoms with Crippen molar-refractivity contribution in [2.24, 2.45) is 5.92 Å². The van der Waals surface area contributed by atoms with Crippen molar-refractivity contribution in [3.63, 3.8) is 0 Å². The average molecular weight is 322 g/mol. The van der Waals surface area contributed by atoms with E-state index < -0.39 is 0 Å². The number of hydrogen-bond donors (Lipinski definition) is 0. The van der Waals surface area contributed by atoms with Gasteiger partial charge in [-0.2, -0.15) is 0 Å². The zero-order chi connectivity index (χ0) is 15.4. The molecule has 22 heavy (non-hydrogen) atoms. The minimum atomic E-state index is 0.137. The number of carbonyl (C=O) groups excluding carboxylic acids is 1. The van der Waals surface area contributed by atoms with E-state index >= 15 is 0 Å². The third-order valence-electron chi connectivity index (χ3n) is 5.01. The molecule has 3 atom stereocenters. The molecule has 1 amide bonds. The van der Waals surface area contributed by atoms with Crippen molar-refractivity contribution in [3.8, 4) is 0 Å². The van der Waals surface area contributed by atoms with E-state index in [0.717, 1.165) is 30.8 Å². The highest BCUT2D eigenvalue weighted by Gasteiger charge is 2.30. The van der Waals surface area contributed by atoms with E-state index in [9.17, 15) is 4.79 Å². The zero-order valence-electron chi connectivity index (χ0n) is 13.4. The van der Waals surface area contributed by atoms with Crippen LogP contribution in [0.1, 0.15) is 62.9 Å². The molecule has 122 valence electrons. The van der Waals surface area contributed by atoms with E-state index in [1.54, 1.807) is 11.3 Å². The Kier molecular flexibility index (Phi) is 5.47. The number of amides is 1. The molecule has 2 fully saturated rings. The summed E-state index contributed by atoms with van der Waals surface area (Å²) in [6, 6.07) is 0.161. The summed E-state index contributed by atoms with van der Waals surface area (Å²) in [7, 11) is 0. The summed E-state index contributed by atoms with van der Waals surface area (Å²) in [5, 5.41) is 3.06. The highest BCUT2D eigenvalue weighted by atomic mass is 32.1. The van der Waals surface area contributed by atoms with Gasteiger partial charge >= 0.3 is 0 Å². The number of hydrogen-bond acceptors (Lipinski definition) is 4. The molecule has 1 aliphatic heterocycles. The molecular formula is C17H26N2O2S. The molecule has 4 nitrogen and oxygen atoms in total. The third-order valence-corrected chi connectivity index (χ3v) is 5.89. The first-order chi connectivity index (χ1) is 10.8. The lowest BCUT2D eigenvalue weighted by Gasteiger charge is -2.35. The Balaban J connectivity index is 1.57. The number of thiazole rings is 1. The van der Waals surface area contributed by atoms with Gasteiger partial charge in [-0.1, -0.05) is 19.8 Å². The largest absolute Gasteiger partial charge is 0.368 e. The van der Waals surface area contributed by atoms with Crippen molar-refractivity contribution in [1.82, 2.24) is 9.88 Å². The predicted octanol–water partition coefficient (Wildman–Crippen LogP) is 3.79. The average Bonchev–Trinajstić information content (AvgIpc) is 3.08. The summed E-state index contributed by atoms with van der Waals surface area (Å²) >= 11 is 1.65. The fourth-order valence-electron chi connectivity index (χ4n) is 3.68. The molecule has 3 rings (SSSR count). The number of nitrogens with zero attached hydrogens (tertiary/aromatic N) is 2. The van der Waals surface area contributed by atoms with Crippen molar-refractivity contribution in [1.29, 1.82) is 0 Å². The standard InChI is InChI=1S/C17H26N2O2S/c1-13-6-2-3-8-15(13)21-12-16(20)19-10-5-4-7-14(19)17-18-9-11-22-17/h9,11,13-15H,2-8,10,12H2,1H3/t13-,14-,15+/m1/s1.